The first-order valence-electron chi connectivity index (χ1n) is 18.2. The second kappa shape index (κ2) is 33.6. The number of carbonyl (C=O) groups is 3. The average Bonchev–Trinajstić information content (AvgIpc) is 3.06. The summed E-state index contributed by atoms with van der Waals surface area (Å²) < 4.78 is 26.2. The van der Waals surface area contributed by atoms with Crippen molar-refractivity contribution in [1.29, 1.82) is 0 Å². The van der Waals surface area contributed by atoms with E-state index in [2.05, 4.69) is 73.1 Å². The fourth-order valence-corrected chi connectivity index (χ4v) is 4.82. The largest absolute Gasteiger partial charge is 0.469 e. The quantitative estimate of drug-likeness (QED) is 0.0175. The Balaban J connectivity index is 4.17. The first kappa shape index (κ1) is 46.2. The minimum atomic E-state index is -4.79. The van der Waals surface area contributed by atoms with Crippen LogP contribution in [0.4, 0.5) is 0 Å². The van der Waals surface area contributed by atoms with E-state index in [0.717, 1.165) is 70.6 Å². The number of phosphoric acid groups is 1. The van der Waals surface area contributed by atoms with Crippen molar-refractivity contribution in [3.8, 4) is 0 Å². The van der Waals surface area contributed by atoms with Crippen molar-refractivity contribution in [2.24, 2.45) is 0 Å². The third-order valence-corrected chi connectivity index (χ3v) is 7.67. The van der Waals surface area contributed by atoms with Crippen molar-refractivity contribution < 1.29 is 42.7 Å². The molecule has 0 heterocycles. The fourth-order valence-electron chi connectivity index (χ4n) is 4.46. The summed E-state index contributed by atoms with van der Waals surface area (Å²) in [6.45, 7) is 3.35. The lowest BCUT2D eigenvalue weighted by Gasteiger charge is -2.18. The maximum atomic E-state index is 12.3. The SMILES string of the molecule is CC/C=C\C/C=C\C/C=C\C/C=C\CCCCC(=O)OC[C@H](COP(=O)(O)O)OC(=O)CCCCCCCC(=O)/C=C/C=C\CCCCC. The van der Waals surface area contributed by atoms with E-state index in [4.69, 9.17) is 19.3 Å². The minimum absolute atomic E-state index is 0.105. The molecular weight excluding hydrogens is 643 g/mol. The normalized spacial score (nSPS) is 13.2. The number of hydrogen-bond acceptors (Lipinski definition) is 7. The van der Waals surface area contributed by atoms with Crippen LogP contribution in [0, 0.1) is 0 Å². The van der Waals surface area contributed by atoms with Crippen LogP contribution in [0.2, 0.25) is 0 Å². The summed E-state index contributed by atoms with van der Waals surface area (Å²) in [5.74, 6) is -0.931. The summed E-state index contributed by atoms with van der Waals surface area (Å²) in [6, 6.07) is 0. The van der Waals surface area contributed by atoms with E-state index in [-0.39, 0.29) is 25.2 Å². The first-order chi connectivity index (χ1) is 23.7. The van der Waals surface area contributed by atoms with E-state index >= 15 is 0 Å². The third-order valence-electron chi connectivity index (χ3n) is 7.19. The van der Waals surface area contributed by atoms with Gasteiger partial charge in [0.05, 0.1) is 6.61 Å². The summed E-state index contributed by atoms with van der Waals surface area (Å²) in [4.78, 5) is 54.6. The van der Waals surface area contributed by atoms with Gasteiger partial charge in [0.1, 0.15) is 6.61 Å². The maximum Gasteiger partial charge on any atom is 0.469 e. The molecule has 49 heavy (non-hydrogen) atoms. The third kappa shape index (κ3) is 36.3. The molecule has 0 aromatic rings. The molecule has 1 atom stereocenters. The van der Waals surface area contributed by atoms with E-state index in [0.29, 0.717) is 19.3 Å². The topological polar surface area (TPSA) is 136 Å². The van der Waals surface area contributed by atoms with Crippen molar-refractivity contribution >= 4 is 25.5 Å². The minimum Gasteiger partial charge on any atom is -0.462 e. The number of esters is 2. The Labute approximate surface area is 295 Å². The van der Waals surface area contributed by atoms with Gasteiger partial charge in [0, 0.05) is 19.3 Å². The van der Waals surface area contributed by atoms with Crippen molar-refractivity contribution in [3.63, 3.8) is 0 Å². The van der Waals surface area contributed by atoms with Crippen LogP contribution in [0.1, 0.15) is 136 Å². The number of hydrogen-bond donors (Lipinski definition) is 2. The van der Waals surface area contributed by atoms with Gasteiger partial charge in [-0.2, -0.15) is 0 Å². The molecule has 0 bridgehead atoms. The predicted octanol–water partition coefficient (Wildman–Crippen LogP) is 9.91. The van der Waals surface area contributed by atoms with Gasteiger partial charge in [0.25, 0.3) is 0 Å². The molecule has 0 radical (unpaired) electrons. The second-order valence-corrected chi connectivity index (χ2v) is 13.1. The van der Waals surface area contributed by atoms with Gasteiger partial charge in [-0.25, -0.2) is 4.57 Å². The standard InChI is InChI=1S/C39H63O9P/c1-3-5-7-9-11-12-13-14-15-16-17-18-20-24-28-32-38(41)46-34-37(35-47-49(43,44)45)48-39(42)33-29-25-21-23-27-31-36(40)30-26-22-19-10-8-6-4-2/h5,7,11-12,14-15,17-19,22,26,30,37H,3-4,6,8-10,13,16,20-21,23-25,27-29,31-35H2,1-2H3,(H2,43,44,45)/b7-5-,12-11-,15-14-,18-17-,22-19-,30-26+/t37-/m1/s1. The van der Waals surface area contributed by atoms with Gasteiger partial charge >= 0.3 is 19.8 Å². The van der Waals surface area contributed by atoms with Gasteiger partial charge in [-0.05, 0) is 76.7 Å². The van der Waals surface area contributed by atoms with E-state index < -0.39 is 32.5 Å². The zero-order chi connectivity index (χ0) is 36.3. The lowest BCUT2D eigenvalue weighted by molar-refractivity contribution is -0.161. The van der Waals surface area contributed by atoms with E-state index in [1.807, 2.05) is 6.08 Å². The summed E-state index contributed by atoms with van der Waals surface area (Å²) in [5, 5.41) is 0. The Morgan fingerprint density at radius 3 is 1.82 bits per heavy atom. The predicted molar refractivity (Wildman–Crippen MR) is 198 cm³/mol. The average molecular weight is 707 g/mol. The summed E-state index contributed by atoms with van der Waals surface area (Å²) in [5.41, 5.74) is 0. The lowest BCUT2D eigenvalue weighted by Crippen LogP contribution is -2.29. The fraction of sp³-hybridized carbons (Fsp3) is 0.615. The Kier molecular flexibility index (Phi) is 31.7. The Morgan fingerprint density at radius 2 is 1.16 bits per heavy atom. The van der Waals surface area contributed by atoms with E-state index in [1.54, 1.807) is 12.2 Å². The van der Waals surface area contributed by atoms with Crippen molar-refractivity contribution in [2.45, 2.75) is 142 Å². The van der Waals surface area contributed by atoms with Crippen LogP contribution in [0.3, 0.4) is 0 Å². The molecule has 0 aliphatic carbocycles. The highest BCUT2D eigenvalue weighted by molar-refractivity contribution is 7.46. The second-order valence-electron chi connectivity index (χ2n) is 11.8. The highest BCUT2D eigenvalue weighted by Gasteiger charge is 2.22. The van der Waals surface area contributed by atoms with Gasteiger partial charge < -0.3 is 19.3 Å². The molecule has 0 spiro atoms. The van der Waals surface area contributed by atoms with Gasteiger partial charge in [-0.3, -0.25) is 18.9 Å². The molecule has 0 unspecified atom stereocenters. The Hall–Kier alpha value is -2.84. The summed E-state index contributed by atoms with van der Waals surface area (Å²) in [7, 11) is -4.79. The van der Waals surface area contributed by atoms with Crippen LogP contribution in [0.25, 0.3) is 0 Å². The molecule has 0 aliphatic rings. The molecule has 2 N–H and O–H groups in total. The van der Waals surface area contributed by atoms with Crippen LogP contribution in [0.5, 0.6) is 0 Å². The molecular formula is C39H63O9P. The van der Waals surface area contributed by atoms with Gasteiger partial charge in [0.15, 0.2) is 11.9 Å². The molecule has 9 nitrogen and oxygen atoms in total. The van der Waals surface area contributed by atoms with Gasteiger partial charge in [-0.15, -0.1) is 0 Å². The van der Waals surface area contributed by atoms with E-state index in [9.17, 15) is 18.9 Å². The molecule has 0 saturated carbocycles. The smallest absolute Gasteiger partial charge is 0.462 e. The van der Waals surface area contributed by atoms with Crippen LogP contribution >= 0.6 is 7.82 Å². The molecule has 0 aromatic carbocycles. The number of phosphoric ester groups is 1. The van der Waals surface area contributed by atoms with Gasteiger partial charge in [-0.1, -0.05) is 113 Å². The summed E-state index contributed by atoms with van der Waals surface area (Å²) >= 11 is 0. The highest BCUT2D eigenvalue weighted by atomic mass is 31.2. The number of rotatable bonds is 32. The number of carbonyl (C=O) groups excluding carboxylic acids is 3. The molecule has 0 amide bonds. The van der Waals surface area contributed by atoms with Crippen molar-refractivity contribution in [2.75, 3.05) is 13.2 Å². The molecule has 0 fully saturated rings. The number of unbranched alkanes of at least 4 members (excludes halogenated alkanes) is 9. The van der Waals surface area contributed by atoms with Crippen LogP contribution in [-0.2, 0) is 32.9 Å². The van der Waals surface area contributed by atoms with Crippen LogP contribution < -0.4 is 0 Å². The van der Waals surface area contributed by atoms with Gasteiger partial charge in [0.2, 0.25) is 0 Å². The van der Waals surface area contributed by atoms with E-state index in [1.165, 1.54) is 19.3 Å². The van der Waals surface area contributed by atoms with Crippen molar-refractivity contribution in [3.05, 3.63) is 72.9 Å². The molecule has 10 heteroatoms. The first-order valence-corrected chi connectivity index (χ1v) is 19.7. The summed E-state index contributed by atoms with van der Waals surface area (Å²) in [6.07, 6.45) is 38.8. The molecule has 0 aliphatic heterocycles. The highest BCUT2D eigenvalue weighted by Crippen LogP contribution is 2.35. The number of ketones is 1. The van der Waals surface area contributed by atoms with Crippen LogP contribution in [0.15, 0.2) is 72.9 Å². The zero-order valence-electron chi connectivity index (χ0n) is 30.1. The number of ether oxygens (including phenoxy) is 2. The zero-order valence-corrected chi connectivity index (χ0v) is 30.9. The Morgan fingerprint density at radius 1 is 0.612 bits per heavy atom. The molecule has 0 aromatic heterocycles. The molecule has 0 rings (SSSR count). The molecule has 0 saturated heterocycles. The maximum absolute atomic E-state index is 12.3. The monoisotopic (exact) mass is 706 g/mol. The number of allylic oxidation sites excluding steroid dienone is 12. The Bertz CT molecular complexity index is 1080. The van der Waals surface area contributed by atoms with Crippen molar-refractivity contribution in [1.82, 2.24) is 0 Å². The molecule has 278 valence electrons. The van der Waals surface area contributed by atoms with Crippen LogP contribution in [-0.4, -0.2) is 46.8 Å². The lowest BCUT2D eigenvalue weighted by atomic mass is 10.1.